The molecule has 3 rings (SSSR count). The van der Waals surface area contributed by atoms with Crippen molar-refractivity contribution in [3.05, 3.63) is 53.0 Å². The van der Waals surface area contributed by atoms with Gasteiger partial charge >= 0.3 is 0 Å². The molecule has 1 heterocycles. The maximum Gasteiger partial charge on any atom is 0.256 e. The van der Waals surface area contributed by atoms with Gasteiger partial charge in [0.05, 0.1) is 0 Å². The molecule has 1 aliphatic carbocycles. The molecule has 3 nitrogen and oxygen atoms in total. The summed E-state index contributed by atoms with van der Waals surface area (Å²) in [7, 11) is 0. The molecule has 0 atom stereocenters. The van der Waals surface area contributed by atoms with E-state index in [0.29, 0.717) is 23.9 Å². The van der Waals surface area contributed by atoms with E-state index in [1.165, 1.54) is 12.8 Å². The predicted molar refractivity (Wildman–Crippen MR) is 80.0 cm³/mol. The van der Waals surface area contributed by atoms with Gasteiger partial charge in [0.2, 0.25) is 0 Å². The van der Waals surface area contributed by atoms with Crippen molar-refractivity contribution in [2.75, 3.05) is 0 Å². The number of nitrogens with one attached hydrogen (secondary N) is 1. The van der Waals surface area contributed by atoms with E-state index in [-0.39, 0.29) is 11.7 Å². The van der Waals surface area contributed by atoms with Crippen LogP contribution in [0.2, 0.25) is 0 Å². The van der Waals surface area contributed by atoms with Crippen LogP contribution in [0, 0.1) is 19.7 Å². The molecule has 0 amide bonds. The van der Waals surface area contributed by atoms with E-state index < -0.39 is 0 Å². The monoisotopic (exact) mass is 286 g/mol. The molecule has 1 fully saturated rings. The lowest BCUT2D eigenvalue weighted by Crippen LogP contribution is -2.16. The van der Waals surface area contributed by atoms with E-state index in [1.54, 1.807) is 12.3 Å². The Morgan fingerprint density at radius 3 is 2.86 bits per heavy atom. The molecule has 0 aliphatic heterocycles. The second-order valence-corrected chi connectivity index (χ2v) is 5.54. The van der Waals surface area contributed by atoms with Gasteiger partial charge < -0.3 is 10.1 Å². The number of pyridine rings is 1. The van der Waals surface area contributed by atoms with Crippen molar-refractivity contribution in [1.29, 1.82) is 0 Å². The first-order chi connectivity index (χ1) is 10.1. The first kappa shape index (κ1) is 14.0. The lowest BCUT2D eigenvalue weighted by molar-refractivity contribution is 0.414. The van der Waals surface area contributed by atoms with Gasteiger partial charge in [0, 0.05) is 24.3 Å². The highest BCUT2D eigenvalue weighted by Crippen LogP contribution is 2.28. The van der Waals surface area contributed by atoms with Crippen LogP contribution < -0.4 is 10.1 Å². The topological polar surface area (TPSA) is 34.1 Å². The smallest absolute Gasteiger partial charge is 0.256 e. The molecular formula is C17H19FN2O. The van der Waals surface area contributed by atoms with Crippen molar-refractivity contribution in [3.8, 4) is 11.6 Å². The molecule has 1 aromatic heterocycles. The summed E-state index contributed by atoms with van der Waals surface area (Å²) in [6.45, 7) is 4.48. The minimum Gasteiger partial charge on any atom is -0.436 e. The third-order valence-corrected chi connectivity index (χ3v) is 3.86. The van der Waals surface area contributed by atoms with Crippen LogP contribution in [0.5, 0.6) is 11.6 Å². The van der Waals surface area contributed by atoms with Crippen LogP contribution in [0.1, 0.15) is 29.5 Å². The van der Waals surface area contributed by atoms with Crippen LogP contribution in [0.4, 0.5) is 4.39 Å². The highest BCUT2D eigenvalue weighted by Gasteiger charge is 2.21. The average Bonchev–Trinajstić information content (AvgIpc) is 3.29. The molecule has 0 bridgehead atoms. The summed E-state index contributed by atoms with van der Waals surface area (Å²) in [5.41, 5.74) is 2.71. The van der Waals surface area contributed by atoms with E-state index in [9.17, 15) is 4.39 Å². The lowest BCUT2D eigenvalue weighted by Gasteiger charge is -2.12. The number of nitrogens with zero attached hydrogens (tertiary/aromatic N) is 1. The minimum atomic E-state index is -0.383. The Bertz CT molecular complexity index is 653. The standard InChI is InChI=1S/C17H19FN2O/c1-11-4-3-5-15(12(11)2)21-17-16(18)13(8-9-19-17)10-20-14-6-7-14/h3-5,8-9,14,20H,6-7,10H2,1-2H3. The van der Waals surface area contributed by atoms with Gasteiger partial charge in [-0.3, -0.25) is 0 Å². The molecular weight excluding hydrogens is 267 g/mol. The number of ether oxygens (including phenoxy) is 1. The normalized spacial score (nSPS) is 14.2. The van der Waals surface area contributed by atoms with E-state index in [2.05, 4.69) is 10.3 Å². The third-order valence-electron chi connectivity index (χ3n) is 3.86. The predicted octanol–water partition coefficient (Wildman–Crippen LogP) is 3.88. The molecule has 2 aromatic rings. The fourth-order valence-electron chi connectivity index (χ4n) is 2.15. The molecule has 1 aliphatic rings. The van der Waals surface area contributed by atoms with Crippen LogP contribution in [0.3, 0.4) is 0 Å². The molecule has 0 radical (unpaired) electrons. The molecule has 4 heteroatoms. The third kappa shape index (κ3) is 3.22. The first-order valence-corrected chi connectivity index (χ1v) is 7.26. The summed E-state index contributed by atoms with van der Waals surface area (Å²) in [5, 5.41) is 3.30. The highest BCUT2D eigenvalue weighted by atomic mass is 19.1. The van der Waals surface area contributed by atoms with Crippen molar-refractivity contribution >= 4 is 0 Å². The molecule has 21 heavy (non-hydrogen) atoms. The Hall–Kier alpha value is -1.94. The SMILES string of the molecule is Cc1cccc(Oc2nccc(CNC3CC3)c2F)c1C. The van der Waals surface area contributed by atoms with E-state index in [4.69, 9.17) is 4.74 Å². The summed E-state index contributed by atoms with van der Waals surface area (Å²) < 4.78 is 20.1. The van der Waals surface area contributed by atoms with Gasteiger partial charge in [0.1, 0.15) is 5.75 Å². The van der Waals surface area contributed by atoms with Gasteiger partial charge in [-0.05, 0) is 49.9 Å². The average molecular weight is 286 g/mol. The van der Waals surface area contributed by atoms with Crippen molar-refractivity contribution in [3.63, 3.8) is 0 Å². The summed E-state index contributed by atoms with van der Waals surface area (Å²) in [4.78, 5) is 4.02. The van der Waals surface area contributed by atoms with Gasteiger partial charge in [0.25, 0.3) is 5.88 Å². The van der Waals surface area contributed by atoms with Crippen molar-refractivity contribution in [1.82, 2.24) is 10.3 Å². The maximum atomic E-state index is 14.4. The summed E-state index contributed by atoms with van der Waals surface area (Å²) in [6.07, 6.45) is 3.95. The van der Waals surface area contributed by atoms with Crippen LogP contribution >= 0.6 is 0 Å². The van der Waals surface area contributed by atoms with Crippen LogP contribution in [0.25, 0.3) is 0 Å². The van der Waals surface area contributed by atoms with Crippen LogP contribution in [-0.2, 0) is 6.54 Å². The number of benzene rings is 1. The van der Waals surface area contributed by atoms with Gasteiger partial charge in [-0.2, -0.15) is 0 Å². The number of hydrogen-bond donors (Lipinski definition) is 1. The second kappa shape index (κ2) is 5.82. The second-order valence-electron chi connectivity index (χ2n) is 5.54. The van der Waals surface area contributed by atoms with E-state index in [0.717, 1.165) is 11.1 Å². The molecule has 1 saturated carbocycles. The number of aromatic nitrogens is 1. The van der Waals surface area contributed by atoms with Gasteiger partial charge in [-0.1, -0.05) is 12.1 Å². The van der Waals surface area contributed by atoms with Gasteiger partial charge in [0.15, 0.2) is 5.82 Å². The number of halogens is 1. The fourth-order valence-corrected chi connectivity index (χ4v) is 2.15. The summed E-state index contributed by atoms with van der Waals surface area (Å²) in [5.74, 6) is 0.305. The zero-order chi connectivity index (χ0) is 14.8. The largest absolute Gasteiger partial charge is 0.436 e. The first-order valence-electron chi connectivity index (χ1n) is 7.26. The zero-order valence-electron chi connectivity index (χ0n) is 12.3. The van der Waals surface area contributed by atoms with Crippen molar-refractivity contribution < 1.29 is 9.13 Å². The maximum absolute atomic E-state index is 14.4. The Balaban J connectivity index is 1.81. The molecule has 1 N–H and O–H groups in total. The molecule has 0 spiro atoms. The molecule has 0 unspecified atom stereocenters. The van der Waals surface area contributed by atoms with Crippen LogP contribution in [0.15, 0.2) is 30.5 Å². The van der Waals surface area contributed by atoms with Crippen molar-refractivity contribution in [2.24, 2.45) is 0 Å². The van der Waals surface area contributed by atoms with E-state index in [1.807, 2.05) is 32.0 Å². The molecule has 0 saturated heterocycles. The Kier molecular flexibility index (Phi) is 3.88. The summed E-state index contributed by atoms with van der Waals surface area (Å²) in [6, 6.07) is 7.97. The van der Waals surface area contributed by atoms with E-state index >= 15 is 0 Å². The molecule has 1 aromatic carbocycles. The quantitative estimate of drug-likeness (QED) is 0.905. The highest BCUT2D eigenvalue weighted by molar-refractivity contribution is 5.40. The van der Waals surface area contributed by atoms with Gasteiger partial charge in [-0.15, -0.1) is 0 Å². The Morgan fingerprint density at radius 1 is 1.29 bits per heavy atom. The number of rotatable bonds is 5. The number of hydrogen-bond acceptors (Lipinski definition) is 3. The minimum absolute atomic E-state index is 0.0406. The zero-order valence-corrected chi connectivity index (χ0v) is 12.3. The van der Waals surface area contributed by atoms with Gasteiger partial charge in [-0.25, -0.2) is 9.37 Å². The van der Waals surface area contributed by atoms with Crippen LogP contribution in [-0.4, -0.2) is 11.0 Å². The Morgan fingerprint density at radius 2 is 2.10 bits per heavy atom. The fraction of sp³-hybridized carbons (Fsp3) is 0.353. The Labute approximate surface area is 124 Å². The summed E-state index contributed by atoms with van der Waals surface area (Å²) >= 11 is 0. The van der Waals surface area contributed by atoms with Crippen molar-refractivity contribution in [2.45, 2.75) is 39.3 Å². The molecule has 110 valence electrons. The number of aryl methyl sites for hydroxylation is 1. The lowest BCUT2D eigenvalue weighted by atomic mass is 10.1.